The van der Waals surface area contributed by atoms with Crippen LogP contribution in [0.5, 0.6) is 17.2 Å². The number of carbonyl (C=O) groups excluding carboxylic acids is 2. The van der Waals surface area contributed by atoms with E-state index >= 15 is 0 Å². The van der Waals surface area contributed by atoms with Gasteiger partial charge in [0.15, 0.2) is 18.1 Å². The van der Waals surface area contributed by atoms with Crippen LogP contribution in [-0.2, 0) is 4.79 Å². The molecular weight excluding hydrogens is 416 g/mol. The van der Waals surface area contributed by atoms with Crippen LogP contribution in [0.25, 0.3) is 0 Å². The average molecular weight is 439 g/mol. The minimum Gasteiger partial charge on any atom is -0.493 e. The van der Waals surface area contributed by atoms with E-state index in [-0.39, 0.29) is 12.5 Å². The zero-order valence-electron chi connectivity index (χ0n) is 17.4. The number of carbonyl (C=O) groups is 2. The van der Waals surface area contributed by atoms with Crippen LogP contribution >= 0.6 is 11.3 Å². The summed E-state index contributed by atoms with van der Waals surface area (Å²) in [6.45, 7) is 3.70. The summed E-state index contributed by atoms with van der Waals surface area (Å²) in [6, 6.07) is 14.2. The smallest absolute Gasteiger partial charge is 0.353 e. The van der Waals surface area contributed by atoms with Crippen LogP contribution in [0.2, 0.25) is 0 Å². The highest BCUT2D eigenvalue weighted by atomic mass is 32.1. The van der Waals surface area contributed by atoms with E-state index in [0.717, 1.165) is 11.1 Å². The molecule has 0 saturated carbocycles. The molecule has 7 nitrogen and oxygen atoms in total. The number of ether oxygens (including phenoxy) is 3. The van der Waals surface area contributed by atoms with Crippen LogP contribution < -0.4 is 19.6 Å². The number of rotatable bonds is 8. The Kier molecular flexibility index (Phi) is 7.40. The van der Waals surface area contributed by atoms with Gasteiger partial charge in [-0.1, -0.05) is 24.3 Å². The first-order chi connectivity index (χ1) is 15.0. The highest BCUT2D eigenvalue weighted by Gasteiger charge is 2.13. The second kappa shape index (κ2) is 10.4. The van der Waals surface area contributed by atoms with Crippen molar-refractivity contribution in [1.82, 2.24) is 5.43 Å². The zero-order valence-corrected chi connectivity index (χ0v) is 18.2. The largest absolute Gasteiger partial charge is 0.493 e. The number of hydrogen-bond acceptors (Lipinski definition) is 7. The van der Waals surface area contributed by atoms with Crippen molar-refractivity contribution >= 4 is 29.4 Å². The SMILES string of the molecule is COc1cc(/C=N\NC(=O)COc2c(C)cccc2C)ccc1OC(=O)c1cccs1. The van der Waals surface area contributed by atoms with E-state index in [1.54, 1.807) is 35.7 Å². The van der Waals surface area contributed by atoms with E-state index in [1.165, 1.54) is 24.7 Å². The summed E-state index contributed by atoms with van der Waals surface area (Å²) >= 11 is 1.30. The van der Waals surface area contributed by atoms with Crippen molar-refractivity contribution in [1.29, 1.82) is 0 Å². The first-order valence-corrected chi connectivity index (χ1v) is 10.3. The number of methoxy groups -OCH3 is 1. The van der Waals surface area contributed by atoms with Crippen LogP contribution in [0, 0.1) is 13.8 Å². The number of hydrogen-bond donors (Lipinski definition) is 1. The molecule has 0 fully saturated rings. The van der Waals surface area contributed by atoms with Crippen molar-refractivity contribution in [3.05, 3.63) is 75.5 Å². The molecule has 0 aliphatic heterocycles. The van der Waals surface area contributed by atoms with Crippen LogP contribution in [0.1, 0.15) is 26.4 Å². The molecule has 1 amide bonds. The number of hydrazone groups is 1. The second-order valence-corrected chi connectivity index (χ2v) is 7.53. The molecule has 31 heavy (non-hydrogen) atoms. The average Bonchev–Trinajstić information content (AvgIpc) is 3.29. The van der Waals surface area contributed by atoms with E-state index in [9.17, 15) is 9.59 Å². The van der Waals surface area contributed by atoms with Crippen molar-refractivity contribution in [2.75, 3.05) is 13.7 Å². The van der Waals surface area contributed by atoms with Gasteiger partial charge in [0, 0.05) is 0 Å². The Hall–Kier alpha value is -3.65. The molecule has 1 aromatic heterocycles. The van der Waals surface area contributed by atoms with E-state index in [0.29, 0.717) is 27.7 Å². The molecule has 160 valence electrons. The fourth-order valence-electron chi connectivity index (χ4n) is 2.77. The number of para-hydroxylation sites is 1. The second-order valence-electron chi connectivity index (χ2n) is 6.58. The number of nitrogens with one attached hydrogen (secondary N) is 1. The van der Waals surface area contributed by atoms with Gasteiger partial charge in [0.1, 0.15) is 10.6 Å². The van der Waals surface area contributed by atoms with Crippen LogP contribution in [0.3, 0.4) is 0 Å². The zero-order chi connectivity index (χ0) is 22.2. The highest BCUT2D eigenvalue weighted by Crippen LogP contribution is 2.29. The summed E-state index contributed by atoms with van der Waals surface area (Å²) in [7, 11) is 1.48. The fourth-order valence-corrected chi connectivity index (χ4v) is 3.37. The number of amides is 1. The molecule has 0 spiro atoms. The third-order valence-corrected chi connectivity index (χ3v) is 5.12. The fraction of sp³-hybridized carbons (Fsp3) is 0.174. The number of nitrogens with zero attached hydrogens (tertiary/aromatic N) is 1. The molecule has 3 aromatic rings. The van der Waals surface area contributed by atoms with Gasteiger partial charge in [-0.2, -0.15) is 5.10 Å². The lowest BCUT2D eigenvalue weighted by Crippen LogP contribution is -2.25. The van der Waals surface area contributed by atoms with Crippen LogP contribution in [0.15, 0.2) is 59.0 Å². The molecule has 1 N–H and O–H groups in total. The van der Waals surface area contributed by atoms with Gasteiger partial charge < -0.3 is 14.2 Å². The van der Waals surface area contributed by atoms with Gasteiger partial charge in [-0.05, 0) is 60.2 Å². The third-order valence-electron chi connectivity index (χ3n) is 4.27. The Morgan fingerprint density at radius 1 is 1.06 bits per heavy atom. The molecular formula is C23H22N2O5S. The molecule has 1 heterocycles. The van der Waals surface area contributed by atoms with Crippen molar-refractivity contribution in [3.8, 4) is 17.2 Å². The van der Waals surface area contributed by atoms with Gasteiger partial charge in [0.25, 0.3) is 5.91 Å². The van der Waals surface area contributed by atoms with Crippen LogP contribution in [-0.4, -0.2) is 31.8 Å². The van der Waals surface area contributed by atoms with Gasteiger partial charge in [-0.3, -0.25) is 4.79 Å². The molecule has 0 saturated heterocycles. The Balaban J connectivity index is 1.56. The molecule has 2 aromatic carbocycles. The number of esters is 1. The summed E-state index contributed by atoms with van der Waals surface area (Å²) in [5.41, 5.74) is 5.00. The number of benzene rings is 2. The summed E-state index contributed by atoms with van der Waals surface area (Å²) in [5.74, 6) is 0.528. The van der Waals surface area contributed by atoms with Crippen molar-refractivity contribution in [3.63, 3.8) is 0 Å². The van der Waals surface area contributed by atoms with Gasteiger partial charge in [0.2, 0.25) is 0 Å². The maximum atomic E-state index is 12.1. The van der Waals surface area contributed by atoms with Crippen LogP contribution in [0.4, 0.5) is 0 Å². The minimum absolute atomic E-state index is 0.149. The maximum Gasteiger partial charge on any atom is 0.353 e. The highest BCUT2D eigenvalue weighted by molar-refractivity contribution is 7.12. The molecule has 0 bridgehead atoms. The van der Waals surface area contributed by atoms with Gasteiger partial charge in [-0.15, -0.1) is 11.3 Å². The minimum atomic E-state index is -0.453. The van der Waals surface area contributed by atoms with Crippen molar-refractivity contribution < 1.29 is 23.8 Å². The number of aryl methyl sites for hydroxylation is 2. The predicted octanol–water partition coefficient (Wildman–Crippen LogP) is 4.12. The normalized spacial score (nSPS) is 10.7. The predicted molar refractivity (Wildman–Crippen MR) is 119 cm³/mol. The monoisotopic (exact) mass is 438 g/mol. The van der Waals surface area contributed by atoms with Gasteiger partial charge >= 0.3 is 5.97 Å². The molecule has 0 aliphatic carbocycles. The summed E-state index contributed by atoms with van der Waals surface area (Å²) < 4.78 is 16.3. The quantitative estimate of drug-likeness (QED) is 0.247. The Bertz CT molecular complexity index is 1070. The molecule has 0 aliphatic rings. The number of thiophene rings is 1. The van der Waals surface area contributed by atoms with Crippen molar-refractivity contribution in [2.24, 2.45) is 5.10 Å². The Morgan fingerprint density at radius 2 is 1.84 bits per heavy atom. The van der Waals surface area contributed by atoms with Gasteiger partial charge in [0.05, 0.1) is 13.3 Å². The topological polar surface area (TPSA) is 86.2 Å². The van der Waals surface area contributed by atoms with Gasteiger partial charge in [-0.25, -0.2) is 10.2 Å². The lowest BCUT2D eigenvalue weighted by Gasteiger charge is -2.11. The Morgan fingerprint density at radius 3 is 2.52 bits per heavy atom. The Labute approximate surface area is 184 Å². The lowest BCUT2D eigenvalue weighted by molar-refractivity contribution is -0.123. The maximum absolute atomic E-state index is 12.1. The summed E-state index contributed by atoms with van der Waals surface area (Å²) in [4.78, 5) is 24.6. The first-order valence-electron chi connectivity index (χ1n) is 9.42. The first kappa shape index (κ1) is 22.0. The van der Waals surface area contributed by atoms with E-state index in [1.807, 2.05) is 32.0 Å². The van der Waals surface area contributed by atoms with E-state index in [2.05, 4.69) is 10.5 Å². The molecule has 3 rings (SSSR count). The summed E-state index contributed by atoms with van der Waals surface area (Å²) in [6.07, 6.45) is 1.46. The van der Waals surface area contributed by atoms with Crippen molar-refractivity contribution in [2.45, 2.75) is 13.8 Å². The standard InChI is InChI=1S/C23H22N2O5S/c1-15-6-4-7-16(2)22(15)29-14-21(26)25-24-13-17-9-10-18(19(12-17)28-3)30-23(27)20-8-5-11-31-20/h4-13H,14H2,1-3H3,(H,25,26)/b24-13-. The molecule has 0 atom stereocenters. The lowest BCUT2D eigenvalue weighted by atomic mass is 10.1. The molecule has 0 radical (unpaired) electrons. The molecule has 0 unspecified atom stereocenters. The van der Waals surface area contributed by atoms with E-state index < -0.39 is 5.97 Å². The third kappa shape index (κ3) is 5.93. The van der Waals surface area contributed by atoms with E-state index in [4.69, 9.17) is 14.2 Å². The summed E-state index contributed by atoms with van der Waals surface area (Å²) in [5, 5.41) is 5.74. The molecule has 8 heteroatoms.